The first-order chi connectivity index (χ1) is 15.6. The predicted molar refractivity (Wildman–Crippen MR) is 121 cm³/mol. The minimum atomic E-state index is -0.424. The number of benzene rings is 2. The number of nitrogens with one attached hydrogen (secondary N) is 2. The molecule has 0 bridgehead atoms. The van der Waals surface area contributed by atoms with Crippen LogP contribution in [0, 0.1) is 11.3 Å². The van der Waals surface area contributed by atoms with Gasteiger partial charge in [-0.2, -0.15) is 5.26 Å². The third-order valence-electron chi connectivity index (χ3n) is 4.76. The second kappa shape index (κ2) is 12.7. The van der Waals surface area contributed by atoms with Gasteiger partial charge in [-0.1, -0.05) is 12.1 Å². The quantitative estimate of drug-likeness (QED) is 0.298. The molecule has 1 amide bonds. The Balaban J connectivity index is 1.83. The zero-order valence-corrected chi connectivity index (χ0v) is 18.9. The lowest BCUT2D eigenvalue weighted by Crippen LogP contribution is -2.28. The molecule has 32 heavy (non-hydrogen) atoms. The highest BCUT2D eigenvalue weighted by Crippen LogP contribution is 2.28. The van der Waals surface area contributed by atoms with Crippen LogP contribution in [0.1, 0.15) is 11.1 Å². The van der Waals surface area contributed by atoms with Gasteiger partial charge in [-0.3, -0.25) is 4.79 Å². The molecular weight excluding hydrogens is 410 g/mol. The third-order valence-corrected chi connectivity index (χ3v) is 4.76. The maximum absolute atomic E-state index is 12.3. The fraction of sp³-hybridized carbons (Fsp3) is 0.333. The van der Waals surface area contributed by atoms with Crippen molar-refractivity contribution in [2.24, 2.45) is 0 Å². The van der Waals surface area contributed by atoms with Crippen molar-refractivity contribution in [1.82, 2.24) is 10.6 Å². The van der Waals surface area contributed by atoms with Crippen LogP contribution in [-0.4, -0.2) is 47.4 Å². The molecule has 0 aliphatic carbocycles. The van der Waals surface area contributed by atoms with E-state index in [0.29, 0.717) is 48.9 Å². The average molecular weight is 440 g/mol. The molecule has 0 aliphatic rings. The van der Waals surface area contributed by atoms with Crippen molar-refractivity contribution in [2.75, 3.05) is 41.5 Å². The molecule has 0 fully saturated rings. The Morgan fingerprint density at radius 2 is 1.34 bits per heavy atom. The number of nitriles is 1. The van der Waals surface area contributed by atoms with Crippen LogP contribution in [0.2, 0.25) is 0 Å². The van der Waals surface area contributed by atoms with E-state index in [1.165, 1.54) is 6.20 Å². The summed E-state index contributed by atoms with van der Waals surface area (Å²) in [5, 5.41) is 15.1. The van der Waals surface area contributed by atoms with Crippen molar-refractivity contribution >= 4 is 5.91 Å². The number of rotatable bonds is 12. The van der Waals surface area contributed by atoms with Gasteiger partial charge in [0.15, 0.2) is 23.0 Å². The van der Waals surface area contributed by atoms with Crippen LogP contribution < -0.4 is 29.6 Å². The average Bonchev–Trinajstić information content (AvgIpc) is 2.83. The molecule has 0 saturated heterocycles. The number of hydrogen-bond acceptors (Lipinski definition) is 7. The Morgan fingerprint density at radius 3 is 1.81 bits per heavy atom. The van der Waals surface area contributed by atoms with Crippen molar-refractivity contribution in [3.8, 4) is 29.1 Å². The van der Waals surface area contributed by atoms with Crippen molar-refractivity contribution in [2.45, 2.75) is 12.8 Å². The Hall–Kier alpha value is -3.86. The zero-order chi connectivity index (χ0) is 23.3. The summed E-state index contributed by atoms with van der Waals surface area (Å²) < 4.78 is 21.0. The normalized spacial score (nSPS) is 10.7. The third kappa shape index (κ3) is 6.84. The first kappa shape index (κ1) is 24.4. The van der Waals surface area contributed by atoms with Gasteiger partial charge in [0.25, 0.3) is 5.91 Å². The van der Waals surface area contributed by atoms with Crippen molar-refractivity contribution in [3.63, 3.8) is 0 Å². The molecule has 0 radical (unpaired) electrons. The molecule has 0 aliphatic heterocycles. The molecule has 0 aromatic heterocycles. The van der Waals surface area contributed by atoms with Gasteiger partial charge in [0.05, 0.1) is 28.4 Å². The van der Waals surface area contributed by atoms with Crippen LogP contribution in [0.4, 0.5) is 0 Å². The minimum absolute atomic E-state index is 0.0182. The molecule has 0 saturated carbocycles. The van der Waals surface area contributed by atoms with Crippen LogP contribution in [-0.2, 0) is 17.6 Å². The van der Waals surface area contributed by atoms with Crippen LogP contribution in [0.25, 0.3) is 0 Å². The smallest absolute Gasteiger partial charge is 0.263 e. The van der Waals surface area contributed by atoms with Crippen molar-refractivity contribution < 1.29 is 23.7 Å². The van der Waals surface area contributed by atoms with Crippen molar-refractivity contribution in [3.05, 3.63) is 59.3 Å². The maximum Gasteiger partial charge on any atom is 0.263 e. The van der Waals surface area contributed by atoms with Gasteiger partial charge in [0.2, 0.25) is 0 Å². The number of hydrogen-bond donors (Lipinski definition) is 2. The van der Waals surface area contributed by atoms with Crippen LogP contribution in [0.15, 0.2) is 48.2 Å². The van der Waals surface area contributed by atoms with Gasteiger partial charge < -0.3 is 29.6 Å². The largest absolute Gasteiger partial charge is 0.493 e. The van der Waals surface area contributed by atoms with Crippen LogP contribution in [0.5, 0.6) is 23.0 Å². The Kier molecular flexibility index (Phi) is 9.72. The summed E-state index contributed by atoms with van der Waals surface area (Å²) in [5.41, 5.74) is 2.05. The molecule has 8 nitrogen and oxygen atoms in total. The molecule has 0 unspecified atom stereocenters. The van der Waals surface area contributed by atoms with E-state index in [0.717, 1.165) is 11.1 Å². The minimum Gasteiger partial charge on any atom is -0.493 e. The van der Waals surface area contributed by atoms with Crippen LogP contribution >= 0.6 is 0 Å². The first-order valence-electron chi connectivity index (χ1n) is 10.1. The van der Waals surface area contributed by atoms with E-state index >= 15 is 0 Å². The summed E-state index contributed by atoms with van der Waals surface area (Å²) in [5.74, 6) is 2.18. The van der Waals surface area contributed by atoms with E-state index in [9.17, 15) is 10.1 Å². The highest BCUT2D eigenvalue weighted by molar-refractivity contribution is 5.97. The summed E-state index contributed by atoms with van der Waals surface area (Å²) in [7, 11) is 6.33. The zero-order valence-electron chi connectivity index (χ0n) is 18.9. The molecule has 0 heterocycles. The fourth-order valence-electron chi connectivity index (χ4n) is 3.03. The lowest BCUT2D eigenvalue weighted by Gasteiger charge is -2.10. The number of methoxy groups -OCH3 is 4. The summed E-state index contributed by atoms with van der Waals surface area (Å²) in [4.78, 5) is 12.3. The van der Waals surface area contributed by atoms with E-state index in [1.807, 2.05) is 42.5 Å². The summed E-state index contributed by atoms with van der Waals surface area (Å²) >= 11 is 0. The Morgan fingerprint density at radius 1 is 0.844 bits per heavy atom. The number of ether oxygens (including phenoxy) is 4. The topological polar surface area (TPSA) is 102 Å². The van der Waals surface area contributed by atoms with Crippen LogP contribution in [0.3, 0.4) is 0 Å². The number of amides is 1. The standard InChI is InChI=1S/C24H29N3O5/c1-29-20-7-5-17(13-22(20)31-3)9-11-26-16-19(15-25)24(28)27-12-10-18-6-8-21(30-2)23(14-18)32-4/h5-8,13-14,16,26H,9-12H2,1-4H3,(H,27,28)/b19-16-. The highest BCUT2D eigenvalue weighted by atomic mass is 16.5. The predicted octanol–water partition coefficient (Wildman–Crippen LogP) is 2.62. The molecule has 2 N–H and O–H groups in total. The van der Waals surface area contributed by atoms with E-state index in [4.69, 9.17) is 18.9 Å². The summed E-state index contributed by atoms with van der Waals surface area (Å²) in [6.45, 7) is 0.943. The lowest BCUT2D eigenvalue weighted by molar-refractivity contribution is -0.117. The highest BCUT2D eigenvalue weighted by Gasteiger charge is 2.09. The lowest BCUT2D eigenvalue weighted by atomic mass is 10.1. The van der Waals surface area contributed by atoms with Gasteiger partial charge in [0, 0.05) is 19.3 Å². The first-order valence-corrected chi connectivity index (χ1v) is 10.1. The van der Waals surface area contributed by atoms with Gasteiger partial charge >= 0.3 is 0 Å². The monoisotopic (exact) mass is 439 g/mol. The van der Waals surface area contributed by atoms with Gasteiger partial charge in [-0.25, -0.2) is 0 Å². The molecule has 2 aromatic rings. The van der Waals surface area contributed by atoms with E-state index in [2.05, 4.69) is 10.6 Å². The number of nitrogens with zero attached hydrogens (tertiary/aromatic N) is 1. The Labute approximate surface area is 188 Å². The van der Waals surface area contributed by atoms with Gasteiger partial charge in [-0.05, 0) is 48.2 Å². The van der Waals surface area contributed by atoms with E-state index in [-0.39, 0.29) is 5.57 Å². The fourth-order valence-corrected chi connectivity index (χ4v) is 3.03. The molecule has 0 atom stereocenters. The summed E-state index contributed by atoms with van der Waals surface area (Å²) in [6.07, 6.45) is 2.72. The Bertz CT molecular complexity index is 982. The number of carbonyl (C=O) groups excluding carboxylic acids is 1. The number of carbonyl (C=O) groups is 1. The molecule has 2 rings (SSSR count). The SMILES string of the molecule is COc1ccc(CCN/C=C(/C#N)C(=O)NCCc2ccc(OC)c(OC)c2)cc1OC. The second-order valence-electron chi connectivity index (χ2n) is 6.76. The van der Waals surface area contributed by atoms with Gasteiger partial charge in [-0.15, -0.1) is 0 Å². The molecule has 2 aromatic carbocycles. The molecule has 8 heteroatoms. The van der Waals surface area contributed by atoms with Gasteiger partial charge in [0.1, 0.15) is 11.6 Å². The molecule has 0 spiro atoms. The molecular formula is C24H29N3O5. The van der Waals surface area contributed by atoms with E-state index in [1.54, 1.807) is 28.4 Å². The molecule has 170 valence electrons. The second-order valence-corrected chi connectivity index (χ2v) is 6.76. The van der Waals surface area contributed by atoms with E-state index < -0.39 is 5.91 Å². The van der Waals surface area contributed by atoms with Crippen molar-refractivity contribution in [1.29, 1.82) is 5.26 Å². The maximum atomic E-state index is 12.3. The summed E-state index contributed by atoms with van der Waals surface area (Å²) in [6, 6.07) is 13.2.